The zero-order chi connectivity index (χ0) is 13.9. The van der Waals surface area contributed by atoms with Crippen LogP contribution in [0.25, 0.3) is 0 Å². The van der Waals surface area contributed by atoms with Crippen molar-refractivity contribution < 1.29 is 8.42 Å². The molecule has 0 radical (unpaired) electrons. The zero-order valence-electron chi connectivity index (χ0n) is 9.87. The highest BCUT2D eigenvalue weighted by atomic mass is 32.2. The second kappa shape index (κ2) is 5.21. The first-order chi connectivity index (χ1) is 9.00. The van der Waals surface area contributed by atoms with Crippen molar-refractivity contribution in [2.45, 2.75) is 11.1 Å². The Morgan fingerprint density at radius 1 is 1.32 bits per heavy atom. The van der Waals surface area contributed by atoms with E-state index in [1.165, 1.54) is 12.3 Å². The van der Waals surface area contributed by atoms with Gasteiger partial charge in [-0.05, 0) is 11.6 Å². The molecule has 0 aliphatic carbocycles. The van der Waals surface area contributed by atoms with Crippen LogP contribution >= 0.6 is 0 Å². The molecular weight excluding hydrogens is 266 g/mol. The normalized spacial score (nSPS) is 13.1. The zero-order valence-corrected chi connectivity index (χ0v) is 10.7. The third kappa shape index (κ3) is 2.98. The van der Waals surface area contributed by atoms with E-state index >= 15 is 0 Å². The molecule has 1 aromatic heterocycles. The second-order valence-electron chi connectivity index (χ2n) is 3.84. The van der Waals surface area contributed by atoms with Gasteiger partial charge in [0, 0.05) is 0 Å². The number of aromatic amines is 1. The predicted molar refractivity (Wildman–Crippen MR) is 70.0 cm³/mol. The Balaban J connectivity index is 2.31. The van der Waals surface area contributed by atoms with Gasteiger partial charge in [0.1, 0.15) is 11.9 Å². The molecule has 1 aromatic carbocycles. The van der Waals surface area contributed by atoms with Crippen molar-refractivity contribution >= 4 is 15.9 Å². The number of hydrogen-bond donors (Lipinski definition) is 4. The molecule has 0 spiro atoms. The van der Waals surface area contributed by atoms with Gasteiger partial charge in [0.25, 0.3) is 10.0 Å². The SMILES string of the molecule is N=C(N)C(NS(=O)(=O)c1ccn[nH]1)c1ccccc1. The fourth-order valence-corrected chi connectivity index (χ4v) is 2.68. The number of hydrogen-bond acceptors (Lipinski definition) is 4. The van der Waals surface area contributed by atoms with Crippen molar-refractivity contribution in [3.63, 3.8) is 0 Å². The summed E-state index contributed by atoms with van der Waals surface area (Å²) < 4.78 is 26.5. The molecule has 0 amide bonds. The number of nitrogens with zero attached hydrogens (tertiary/aromatic N) is 1. The van der Waals surface area contributed by atoms with Crippen molar-refractivity contribution in [3.8, 4) is 0 Å². The molecule has 5 N–H and O–H groups in total. The number of rotatable bonds is 5. The first-order valence-corrected chi connectivity index (χ1v) is 6.89. The second-order valence-corrected chi connectivity index (χ2v) is 5.52. The monoisotopic (exact) mass is 279 g/mol. The standard InChI is InChI=1S/C11H13N5O2S/c12-11(13)10(8-4-2-1-3-5-8)16-19(17,18)9-6-7-14-15-9/h1-7,10,16H,(H3,12,13)(H,14,15). The molecule has 0 aliphatic heterocycles. The lowest BCUT2D eigenvalue weighted by atomic mass is 10.1. The molecule has 2 rings (SSSR count). The molecule has 1 atom stereocenters. The number of aromatic nitrogens is 2. The summed E-state index contributed by atoms with van der Waals surface area (Å²) in [6, 6.07) is 9.10. The van der Waals surface area contributed by atoms with Gasteiger partial charge in [-0.3, -0.25) is 10.5 Å². The van der Waals surface area contributed by atoms with Crippen LogP contribution in [0.1, 0.15) is 11.6 Å². The number of nitrogens with one attached hydrogen (secondary N) is 3. The highest BCUT2D eigenvalue weighted by Gasteiger charge is 2.24. The first-order valence-electron chi connectivity index (χ1n) is 5.41. The number of amidine groups is 1. The van der Waals surface area contributed by atoms with E-state index in [2.05, 4.69) is 14.9 Å². The Morgan fingerprint density at radius 2 is 2.00 bits per heavy atom. The highest BCUT2D eigenvalue weighted by Crippen LogP contribution is 2.15. The summed E-state index contributed by atoms with van der Waals surface area (Å²) in [5.74, 6) is -0.283. The Kier molecular flexibility index (Phi) is 3.63. The molecular formula is C11H13N5O2S. The van der Waals surface area contributed by atoms with Crippen LogP contribution in [0.4, 0.5) is 0 Å². The van der Waals surface area contributed by atoms with Crippen LogP contribution in [0, 0.1) is 5.41 Å². The number of sulfonamides is 1. The van der Waals surface area contributed by atoms with Crippen molar-refractivity contribution in [1.82, 2.24) is 14.9 Å². The Morgan fingerprint density at radius 3 is 2.53 bits per heavy atom. The molecule has 0 fully saturated rings. The van der Waals surface area contributed by atoms with Gasteiger partial charge in [-0.1, -0.05) is 30.3 Å². The van der Waals surface area contributed by atoms with Gasteiger partial charge in [0.15, 0.2) is 5.03 Å². The molecule has 8 heteroatoms. The minimum atomic E-state index is -3.80. The molecule has 2 aromatic rings. The topological polar surface area (TPSA) is 125 Å². The Labute approximate surface area is 110 Å². The number of H-pyrrole nitrogens is 1. The number of nitrogens with two attached hydrogens (primary N) is 1. The summed E-state index contributed by atoms with van der Waals surface area (Å²) in [7, 11) is -3.80. The van der Waals surface area contributed by atoms with E-state index in [4.69, 9.17) is 11.1 Å². The summed E-state index contributed by atoms with van der Waals surface area (Å²) in [6.45, 7) is 0. The van der Waals surface area contributed by atoms with Crippen molar-refractivity contribution in [3.05, 3.63) is 48.2 Å². The van der Waals surface area contributed by atoms with E-state index in [0.29, 0.717) is 5.56 Å². The van der Waals surface area contributed by atoms with E-state index in [1.807, 2.05) is 0 Å². The van der Waals surface area contributed by atoms with Crippen molar-refractivity contribution in [2.24, 2.45) is 5.73 Å². The van der Waals surface area contributed by atoms with Crippen LogP contribution in [0.2, 0.25) is 0 Å². The van der Waals surface area contributed by atoms with Gasteiger partial charge in [-0.15, -0.1) is 0 Å². The fourth-order valence-electron chi connectivity index (χ4n) is 1.57. The third-order valence-corrected chi connectivity index (χ3v) is 3.83. The molecule has 100 valence electrons. The summed E-state index contributed by atoms with van der Waals surface area (Å²) in [5.41, 5.74) is 6.06. The van der Waals surface area contributed by atoms with Crippen molar-refractivity contribution in [1.29, 1.82) is 5.41 Å². The van der Waals surface area contributed by atoms with Crippen LogP contribution in [-0.4, -0.2) is 24.5 Å². The molecule has 7 nitrogen and oxygen atoms in total. The van der Waals surface area contributed by atoms with E-state index < -0.39 is 16.1 Å². The predicted octanol–water partition coefficient (Wildman–Crippen LogP) is 0.365. The van der Waals surface area contributed by atoms with Crippen LogP contribution < -0.4 is 10.5 Å². The van der Waals surface area contributed by atoms with Gasteiger partial charge in [0.2, 0.25) is 0 Å². The highest BCUT2D eigenvalue weighted by molar-refractivity contribution is 7.89. The lowest BCUT2D eigenvalue weighted by Crippen LogP contribution is -2.37. The maximum atomic E-state index is 12.0. The summed E-state index contributed by atoms with van der Waals surface area (Å²) in [6.07, 6.45) is 1.33. The van der Waals surface area contributed by atoms with Gasteiger partial charge >= 0.3 is 0 Å². The van der Waals surface area contributed by atoms with Gasteiger partial charge < -0.3 is 5.73 Å². The van der Waals surface area contributed by atoms with E-state index in [1.54, 1.807) is 30.3 Å². The van der Waals surface area contributed by atoms with Crippen LogP contribution in [0.3, 0.4) is 0 Å². The maximum Gasteiger partial charge on any atom is 0.258 e. The Bertz CT molecular complexity index is 652. The first kappa shape index (κ1) is 13.2. The summed E-state index contributed by atoms with van der Waals surface area (Å²) in [5, 5.41) is 13.4. The van der Waals surface area contributed by atoms with Crippen LogP contribution in [0.5, 0.6) is 0 Å². The van der Waals surface area contributed by atoms with Gasteiger partial charge in [-0.25, -0.2) is 8.42 Å². The maximum absolute atomic E-state index is 12.0. The summed E-state index contributed by atoms with van der Waals surface area (Å²) >= 11 is 0. The lowest BCUT2D eigenvalue weighted by molar-refractivity contribution is 0.572. The average molecular weight is 279 g/mol. The largest absolute Gasteiger partial charge is 0.386 e. The quantitative estimate of drug-likeness (QED) is 0.466. The minimum Gasteiger partial charge on any atom is -0.386 e. The smallest absolute Gasteiger partial charge is 0.258 e. The molecule has 0 saturated carbocycles. The average Bonchev–Trinajstić information content (AvgIpc) is 2.91. The van der Waals surface area contributed by atoms with E-state index in [9.17, 15) is 8.42 Å². The molecule has 1 heterocycles. The minimum absolute atomic E-state index is 0.0744. The van der Waals surface area contributed by atoms with Gasteiger partial charge in [-0.2, -0.15) is 9.82 Å². The molecule has 0 aliphatic rings. The van der Waals surface area contributed by atoms with Crippen LogP contribution in [0.15, 0.2) is 47.6 Å². The molecule has 0 saturated heterocycles. The Hall–Kier alpha value is -2.19. The lowest BCUT2D eigenvalue weighted by Gasteiger charge is -2.17. The summed E-state index contributed by atoms with van der Waals surface area (Å²) in [4.78, 5) is 0. The number of benzene rings is 1. The van der Waals surface area contributed by atoms with E-state index in [0.717, 1.165) is 0 Å². The van der Waals surface area contributed by atoms with Gasteiger partial charge in [0.05, 0.1) is 6.20 Å². The van der Waals surface area contributed by atoms with E-state index in [-0.39, 0.29) is 10.9 Å². The molecule has 1 unspecified atom stereocenters. The third-order valence-electron chi connectivity index (χ3n) is 2.48. The van der Waals surface area contributed by atoms with Crippen molar-refractivity contribution in [2.75, 3.05) is 0 Å². The fraction of sp³-hybridized carbons (Fsp3) is 0.0909. The van der Waals surface area contributed by atoms with Crippen LogP contribution in [-0.2, 0) is 10.0 Å². The molecule has 19 heavy (non-hydrogen) atoms. The molecule has 0 bridgehead atoms.